The fraction of sp³-hybridized carbons (Fsp3) is 0.500. The first-order valence-electron chi connectivity index (χ1n) is 5.18. The summed E-state index contributed by atoms with van der Waals surface area (Å²) >= 11 is 0. The minimum atomic E-state index is 0.275. The van der Waals surface area contributed by atoms with Gasteiger partial charge in [0.15, 0.2) is 0 Å². The van der Waals surface area contributed by atoms with E-state index < -0.39 is 0 Å². The molecule has 2 nitrogen and oxygen atoms in total. The zero-order valence-electron chi connectivity index (χ0n) is 8.77. The van der Waals surface area contributed by atoms with Crippen molar-refractivity contribution in [3.8, 4) is 0 Å². The van der Waals surface area contributed by atoms with E-state index in [1.807, 2.05) is 0 Å². The van der Waals surface area contributed by atoms with Crippen LogP contribution in [0.2, 0.25) is 0 Å². The summed E-state index contributed by atoms with van der Waals surface area (Å²) in [4.78, 5) is 2.30. The zero-order chi connectivity index (χ0) is 10.1. The van der Waals surface area contributed by atoms with Gasteiger partial charge < -0.3 is 10.0 Å². The van der Waals surface area contributed by atoms with Gasteiger partial charge in [-0.05, 0) is 25.0 Å². The van der Waals surface area contributed by atoms with Crippen molar-refractivity contribution in [1.82, 2.24) is 0 Å². The first-order valence-corrected chi connectivity index (χ1v) is 5.18. The van der Waals surface area contributed by atoms with Crippen LogP contribution in [0.1, 0.15) is 24.8 Å². The SMILES string of the molecule is CC1C(CCO)c2ccccc2N1C. The molecule has 0 fully saturated rings. The summed E-state index contributed by atoms with van der Waals surface area (Å²) in [5.74, 6) is 0.487. The highest BCUT2D eigenvalue weighted by Gasteiger charge is 2.32. The Morgan fingerprint density at radius 1 is 1.36 bits per heavy atom. The Bertz CT molecular complexity index is 324. The van der Waals surface area contributed by atoms with E-state index in [1.165, 1.54) is 11.3 Å². The molecule has 2 rings (SSSR count). The fourth-order valence-corrected chi connectivity index (χ4v) is 2.41. The van der Waals surface area contributed by atoms with Crippen LogP contribution >= 0.6 is 0 Å². The summed E-state index contributed by atoms with van der Waals surface area (Å²) in [5.41, 5.74) is 2.70. The van der Waals surface area contributed by atoms with E-state index >= 15 is 0 Å². The van der Waals surface area contributed by atoms with Gasteiger partial charge in [-0.25, -0.2) is 0 Å². The molecule has 1 aromatic rings. The molecule has 0 spiro atoms. The molecule has 0 amide bonds. The standard InChI is InChI=1S/C12H17NO/c1-9-10(7-8-14)11-5-3-4-6-12(11)13(9)2/h3-6,9-10,14H,7-8H2,1-2H3. The predicted octanol–water partition coefficient (Wildman–Crippen LogP) is 1.99. The first kappa shape index (κ1) is 9.53. The number of likely N-dealkylation sites (N-methyl/N-ethyl adjacent to an activating group) is 1. The van der Waals surface area contributed by atoms with E-state index in [9.17, 15) is 0 Å². The second kappa shape index (κ2) is 3.62. The molecule has 2 unspecified atom stereocenters. The molecular weight excluding hydrogens is 174 g/mol. The van der Waals surface area contributed by atoms with Crippen LogP contribution < -0.4 is 4.90 Å². The maximum absolute atomic E-state index is 9.04. The van der Waals surface area contributed by atoms with Crippen molar-refractivity contribution in [2.75, 3.05) is 18.6 Å². The first-order chi connectivity index (χ1) is 6.75. The van der Waals surface area contributed by atoms with E-state index in [2.05, 4.69) is 43.1 Å². The van der Waals surface area contributed by atoms with Gasteiger partial charge in [-0.1, -0.05) is 18.2 Å². The van der Waals surface area contributed by atoms with Crippen molar-refractivity contribution in [2.24, 2.45) is 0 Å². The molecule has 1 heterocycles. The van der Waals surface area contributed by atoms with Crippen LogP contribution in [0.15, 0.2) is 24.3 Å². The lowest BCUT2D eigenvalue weighted by Gasteiger charge is -2.22. The van der Waals surface area contributed by atoms with Crippen LogP contribution in [-0.2, 0) is 0 Å². The number of aliphatic hydroxyl groups is 1. The van der Waals surface area contributed by atoms with E-state index in [-0.39, 0.29) is 6.61 Å². The molecule has 2 heteroatoms. The molecule has 0 saturated heterocycles. The minimum absolute atomic E-state index is 0.275. The number of anilines is 1. The molecule has 0 aromatic heterocycles. The van der Waals surface area contributed by atoms with Crippen LogP contribution in [0, 0.1) is 0 Å². The molecule has 0 radical (unpaired) electrons. The van der Waals surface area contributed by atoms with Crippen molar-refractivity contribution >= 4 is 5.69 Å². The summed E-state index contributed by atoms with van der Waals surface area (Å²) in [5, 5.41) is 9.04. The highest BCUT2D eigenvalue weighted by Crippen LogP contribution is 2.41. The molecule has 1 aliphatic rings. The van der Waals surface area contributed by atoms with Crippen molar-refractivity contribution in [3.05, 3.63) is 29.8 Å². The Labute approximate surface area is 85.2 Å². The lowest BCUT2D eigenvalue weighted by atomic mass is 9.93. The highest BCUT2D eigenvalue weighted by atomic mass is 16.3. The third-order valence-corrected chi connectivity index (χ3v) is 3.35. The van der Waals surface area contributed by atoms with Gasteiger partial charge in [0.05, 0.1) is 0 Å². The summed E-state index contributed by atoms with van der Waals surface area (Å²) in [6.07, 6.45) is 0.864. The lowest BCUT2D eigenvalue weighted by Crippen LogP contribution is -2.27. The summed E-state index contributed by atoms with van der Waals surface area (Å²) < 4.78 is 0. The van der Waals surface area contributed by atoms with Gasteiger partial charge in [-0.15, -0.1) is 0 Å². The highest BCUT2D eigenvalue weighted by molar-refractivity contribution is 5.60. The van der Waals surface area contributed by atoms with Crippen LogP contribution in [0.5, 0.6) is 0 Å². The fourth-order valence-electron chi connectivity index (χ4n) is 2.41. The van der Waals surface area contributed by atoms with E-state index in [0.717, 1.165) is 6.42 Å². The third-order valence-electron chi connectivity index (χ3n) is 3.35. The van der Waals surface area contributed by atoms with E-state index in [4.69, 9.17) is 5.11 Å². The average molecular weight is 191 g/mol. The minimum Gasteiger partial charge on any atom is -0.396 e. The largest absolute Gasteiger partial charge is 0.396 e. The molecule has 2 atom stereocenters. The Morgan fingerprint density at radius 3 is 2.79 bits per heavy atom. The van der Waals surface area contributed by atoms with Gasteiger partial charge in [0.25, 0.3) is 0 Å². The van der Waals surface area contributed by atoms with Gasteiger partial charge in [-0.2, -0.15) is 0 Å². The molecule has 1 aliphatic heterocycles. The van der Waals surface area contributed by atoms with Crippen LogP contribution in [0.25, 0.3) is 0 Å². The Balaban J connectivity index is 2.37. The van der Waals surface area contributed by atoms with E-state index in [1.54, 1.807) is 0 Å². The van der Waals surface area contributed by atoms with Crippen LogP contribution in [0.3, 0.4) is 0 Å². The Hall–Kier alpha value is -1.02. The maximum atomic E-state index is 9.04. The van der Waals surface area contributed by atoms with Gasteiger partial charge in [0.2, 0.25) is 0 Å². The Morgan fingerprint density at radius 2 is 2.07 bits per heavy atom. The normalized spacial score (nSPS) is 25.2. The van der Waals surface area contributed by atoms with Crippen molar-refractivity contribution < 1.29 is 5.11 Å². The molecule has 76 valence electrons. The van der Waals surface area contributed by atoms with Gasteiger partial charge in [0, 0.05) is 31.3 Å². The molecule has 0 aliphatic carbocycles. The number of benzene rings is 1. The molecular formula is C12H17NO. The van der Waals surface area contributed by atoms with E-state index in [0.29, 0.717) is 12.0 Å². The van der Waals surface area contributed by atoms with Gasteiger partial charge >= 0.3 is 0 Å². The predicted molar refractivity (Wildman–Crippen MR) is 58.8 cm³/mol. The zero-order valence-corrected chi connectivity index (χ0v) is 8.77. The number of aliphatic hydroxyl groups excluding tert-OH is 1. The van der Waals surface area contributed by atoms with Crippen LogP contribution in [-0.4, -0.2) is 24.8 Å². The Kier molecular flexibility index (Phi) is 2.46. The molecule has 1 N–H and O–H groups in total. The van der Waals surface area contributed by atoms with Crippen molar-refractivity contribution in [2.45, 2.75) is 25.3 Å². The quantitative estimate of drug-likeness (QED) is 0.772. The monoisotopic (exact) mass is 191 g/mol. The number of nitrogens with zero attached hydrogens (tertiary/aromatic N) is 1. The van der Waals surface area contributed by atoms with Gasteiger partial charge in [0.1, 0.15) is 0 Å². The summed E-state index contributed by atoms with van der Waals surface area (Å²) in [6.45, 7) is 2.50. The van der Waals surface area contributed by atoms with Crippen molar-refractivity contribution in [1.29, 1.82) is 0 Å². The number of hydrogen-bond acceptors (Lipinski definition) is 2. The third kappa shape index (κ3) is 1.30. The maximum Gasteiger partial charge on any atom is 0.0437 e. The van der Waals surface area contributed by atoms with Crippen LogP contribution in [0.4, 0.5) is 5.69 Å². The smallest absolute Gasteiger partial charge is 0.0437 e. The molecule has 14 heavy (non-hydrogen) atoms. The number of hydrogen-bond donors (Lipinski definition) is 1. The molecule has 1 aromatic carbocycles. The second-order valence-corrected chi connectivity index (χ2v) is 4.03. The van der Waals surface area contributed by atoms with Crippen molar-refractivity contribution in [3.63, 3.8) is 0 Å². The average Bonchev–Trinajstić information content (AvgIpc) is 2.45. The summed E-state index contributed by atoms with van der Waals surface area (Å²) in [7, 11) is 2.13. The number of fused-ring (bicyclic) bond motifs is 1. The topological polar surface area (TPSA) is 23.5 Å². The lowest BCUT2D eigenvalue weighted by molar-refractivity contribution is 0.271. The molecule has 0 bridgehead atoms. The summed E-state index contributed by atoms with van der Waals surface area (Å²) in [6, 6.07) is 8.98. The second-order valence-electron chi connectivity index (χ2n) is 4.03. The molecule has 0 saturated carbocycles. The number of para-hydroxylation sites is 1. The van der Waals surface area contributed by atoms with Gasteiger partial charge in [-0.3, -0.25) is 0 Å². The number of rotatable bonds is 2.